The third-order valence-electron chi connectivity index (χ3n) is 5.01. The number of ether oxygens (including phenoxy) is 1. The molecule has 0 amide bonds. The number of rotatable bonds is 11. The fourth-order valence-electron chi connectivity index (χ4n) is 3.37. The normalized spacial score (nSPS) is 11.6. The summed E-state index contributed by atoms with van der Waals surface area (Å²) in [5.74, 6) is -0.0649. The summed E-state index contributed by atoms with van der Waals surface area (Å²) in [5.41, 5.74) is 2.48. The number of hydrogen-bond donors (Lipinski definition) is 0. The smallest absolute Gasteiger partial charge is 0.305 e. The van der Waals surface area contributed by atoms with Crippen LogP contribution >= 0.6 is 0 Å². The molecule has 3 heteroatoms. The standard InChI is InChI=1S/C24H32O2Si/c1-3-26-24(25)20-14-6-4-5-7-15-21-27(2,22-16-10-8-11-17-22)23-18-12-9-13-19-23/h8-13,15-19,21H,3-7,14,20H2,1-2H3/b21-15+. The minimum Gasteiger partial charge on any atom is -0.466 e. The van der Waals surface area contributed by atoms with Gasteiger partial charge in [0.05, 0.1) is 6.61 Å². The van der Waals surface area contributed by atoms with Crippen molar-refractivity contribution in [2.24, 2.45) is 0 Å². The summed E-state index contributed by atoms with van der Waals surface area (Å²) in [6, 6.07) is 21.8. The van der Waals surface area contributed by atoms with Crippen molar-refractivity contribution in [3.05, 3.63) is 72.4 Å². The summed E-state index contributed by atoms with van der Waals surface area (Å²) in [6.45, 7) is 4.76. The summed E-state index contributed by atoms with van der Waals surface area (Å²) >= 11 is 0. The molecule has 0 N–H and O–H groups in total. The molecule has 0 aliphatic heterocycles. The van der Waals surface area contributed by atoms with Crippen LogP contribution < -0.4 is 10.4 Å². The van der Waals surface area contributed by atoms with Crippen LogP contribution in [0.25, 0.3) is 0 Å². The molecule has 0 saturated carbocycles. The van der Waals surface area contributed by atoms with Crippen LogP contribution in [0, 0.1) is 0 Å². The van der Waals surface area contributed by atoms with E-state index in [1.54, 1.807) is 0 Å². The van der Waals surface area contributed by atoms with E-state index in [1.807, 2.05) is 6.92 Å². The van der Waals surface area contributed by atoms with Gasteiger partial charge in [-0.15, -0.1) is 0 Å². The largest absolute Gasteiger partial charge is 0.466 e. The first-order valence-corrected chi connectivity index (χ1v) is 12.7. The van der Waals surface area contributed by atoms with Crippen molar-refractivity contribution in [2.75, 3.05) is 6.61 Å². The molecule has 0 aliphatic carbocycles. The van der Waals surface area contributed by atoms with Crippen LogP contribution in [-0.2, 0) is 9.53 Å². The fourth-order valence-corrected chi connectivity index (χ4v) is 6.49. The van der Waals surface area contributed by atoms with E-state index < -0.39 is 8.07 Å². The van der Waals surface area contributed by atoms with Gasteiger partial charge >= 0.3 is 5.97 Å². The molecule has 0 aromatic heterocycles. The Bertz CT molecular complexity index is 655. The maximum Gasteiger partial charge on any atom is 0.305 e. The van der Waals surface area contributed by atoms with Crippen LogP contribution in [0.5, 0.6) is 0 Å². The molecule has 0 aliphatic rings. The zero-order valence-electron chi connectivity index (χ0n) is 16.7. The molecule has 2 rings (SSSR count). The van der Waals surface area contributed by atoms with Gasteiger partial charge in [-0.3, -0.25) is 4.79 Å². The summed E-state index contributed by atoms with van der Waals surface area (Å²) in [4.78, 5) is 11.3. The lowest BCUT2D eigenvalue weighted by Crippen LogP contribution is -2.54. The Morgan fingerprint density at radius 2 is 1.44 bits per heavy atom. The van der Waals surface area contributed by atoms with E-state index in [0.717, 1.165) is 19.3 Å². The quantitative estimate of drug-likeness (QED) is 0.315. The van der Waals surface area contributed by atoms with E-state index in [-0.39, 0.29) is 5.97 Å². The number of carbonyl (C=O) groups excluding carboxylic acids is 1. The van der Waals surface area contributed by atoms with Gasteiger partial charge in [-0.2, -0.15) is 0 Å². The van der Waals surface area contributed by atoms with E-state index in [0.29, 0.717) is 13.0 Å². The van der Waals surface area contributed by atoms with Gasteiger partial charge in [-0.25, -0.2) is 0 Å². The molecule has 0 atom stereocenters. The highest BCUT2D eigenvalue weighted by molar-refractivity contribution is 7.05. The van der Waals surface area contributed by atoms with E-state index in [1.165, 1.54) is 23.2 Å². The van der Waals surface area contributed by atoms with Crippen molar-refractivity contribution >= 4 is 24.4 Å². The Morgan fingerprint density at radius 3 is 2.00 bits per heavy atom. The first-order chi connectivity index (χ1) is 13.2. The Labute approximate surface area is 165 Å². The third kappa shape index (κ3) is 6.83. The van der Waals surface area contributed by atoms with Gasteiger partial charge in [0.2, 0.25) is 0 Å². The van der Waals surface area contributed by atoms with Gasteiger partial charge in [0, 0.05) is 6.42 Å². The maximum atomic E-state index is 11.3. The number of benzene rings is 2. The highest BCUT2D eigenvalue weighted by Crippen LogP contribution is 2.11. The van der Waals surface area contributed by atoms with E-state index in [9.17, 15) is 4.79 Å². The monoisotopic (exact) mass is 380 g/mol. The third-order valence-corrected chi connectivity index (χ3v) is 8.97. The summed E-state index contributed by atoms with van der Waals surface area (Å²) in [7, 11) is -1.84. The van der Waals surface area contributed by atoms with Crippen LogP contribution in [0.15, 0.2) is 72.4 Å². The van der Waals surface area contributed by atoms with Gasteiger partial charge in [0.25, 0.3) is 0 Å². The predicted molar refractivity (Wildman–Crippen MR) is 117 cm³/mol. The molecule has 2 aromatic rings. The van der Waals surface area contributed by atoms with Crippen molar-refractivity contribution in [1.82, 2.24) is 0 Å². The first kappa shape index (κ1) is 21.2. The Balaban J connectivity index is 1.87. The highest BCUT2D eigenvalue weighted by atomic mass is 28.3. The molecule has 144 valence electrons. The lowest BCUT2D eigenvalue weighted by molar-refractivity contribution is -0.143. The van der Waals surface area contributed by atoms with Crippen molar-refractivity contribution in [3.63, 3.8) is 0 Å². The van der Waals surface area contributed by atoms with Crippen LogP contribution in [0.2, 0.25) is 6.55 Å². The van der Waals surface area contributed by atoms with Crippen molar-refractivity contribution < 1.29 is 9.53 Å². The Hall–Kier alpha value is -2.13. The highest BCUT2D eigenvalue weighted by Gasteiger charge is 2.28. The molecular weight excluding hydrogens is 348 g/mol. The number of carbonyl (C=O) groups is 1. The van der Waals surface area contributed by atoms with Gasteiger partial charge < -0.3 is 4.74 Å². The predicted octanol–water partition coefficient (Wildman–Crippen LogP) is 4.88. The molecule has 27 heavy (non-hydrogen) atoms. The molecule has 0 spiro atoms. The van der Waals surface area contributed by atoms with E-state index >= 15 is 0 Å². The second-order valence-electron chi connectivity index (χ2n) is 7.09. The fraction of sp³-hybridized carbons (Fsp3) is 0.375. The molecule has 0 saturated heterocycles. The van der Waals surface area contributed by atoms with E-state index in [4.69, 9.17) is 4.74 Å². The average molecular weight is 381 g/mol. The van der Waals surface area contributed by atoms with Gasteiger partial charge in [0.15, 0.2) is 0 Å². The van der Waals surface area contributed by atoms with Gasteiger partial charge in [-0.1, -0.05) is 102 Å². The molecule has 0 bridgehead atoms. The van der Waals surface area contributed by atoms with Crippen molar-refractivity contribution in [3.8, 4) is 0 Å². The van der Waals surface area contributed by atoms with Crippen LogP contribution in [0.4, 0.5) is 0 Å². The molecular formula is C24H32O2Si. The molecule has 0 fully saturated rings. The van der Waals surface area contributed by atoms with Crippen LogP contribution in [0.1, 0.15) is 45.4 Å². The summed E-state index contributed by atoms with van der Waals surface area (Å²) < 4.78 is 4.96. The zero-order chi connectivity index (χ0) is 19.4. The Kier molecular flexibility index (Phi) is 9.06. The lowest BCUT2D eigenvalue weighted by Gasteiger charge is -2.25. The van der Waals surface area contributed by atoms with Crippen LogP contribution in [-0.4, -0.2) is 20.7 Å². The van der Waals surface area contributed by atoms with Gasteiger partial charge in [-0.05, 0) is 26.2 Å². The van der Waals surface area contributed by atoms with Crippen molar-refractivity contribution in [1.29, 1.82) is 0 Å². The average Bonchev–Trinajstić information content (AvgIpc) is 2.71. The first-order valence-electron chi connectivity index (χ1n) is 10.1. The minimum absolute atomic E-state index is 0.0649. The number of allylic oxidation sites excluding steroid dienone is 1. The summed E-state index contributed by atoms with van der Waals surface area (Å²) in [5, 5.41) is 2.89. The van der Waals surface area contributed by atoms with Crippen molar-refractivity contribution in [2.45, 2.75) is 52.0 Å². The summed E-state index contributed by atoms with van der Waals surface area (Å²) in [6.07, 6.45) is 8.39. The second-order valence-corrected chi connectivity index (χ2v) is 11.0. The lowest BCUT2D eigenvalue weighted by atomic mass is 10.1. The van der Waals surface area contributed by atoms with Gasteiger partial charge in [0.1, 0.15) is 8.07 Å². The molecule has 2 nitrogen and oxygen atoms in total. The zero-order valence-corrected chi connectivity index (χ0v) is 17.7. The molecule has 2 aromatic carbocycles. The van der Waals surface area contributed by atoms with Crippen LogP contribution in [0.3, 0.4) is 0 Å². The molecule has 0 radical (unpaired) electrons. The van der Waals surface area contributed by atoms with E-state index in [2.05, 4.69) is 79.0 Å². The second kappa shape index (κ2) is 11.6. The Morgan fingerprint density at radius 1 is 0.889 bits per heavy atom. The number of unbranched alkanes of at least 4 members (excludes halogenated alkanes) is 4. The SMILES string of the molecule is CCOC(=O)CCCCCC/C=C/[Si](C)(c1ccccc1)c1ccccc1. The minimum atomic E-state index is -1.84. The number of hydrogen-bond acceptors (Lipinski definition) is 2. The topological polar surface area (TPSA) is 26.3 Å². The number of esters is 1. The molecule has 0 heterocycles. The molecule has 0 unspecified atom stereocenters. The maximum absolute atomic E-state index is 11.3.